The Labute approximate surface area is 109 Å². The average molecular weight is 269 g/mol. The highest BCUT2D eigenvalue weighted by Crippen LogP contribution is 1.97. The van der Waals surface area contributed by atoms with Crippen LogP contribution in [0.25, 0.3) is 0 Å². The maximum Gasteiger partial charge on any atom is 0.302 e. The number of esters is 1. The van der Waals surface area contributed by atoms with Crippen LogP contribution >= 0.6 is 0 Å². The summed E-state index contributed by atoms with van der Waals surface area (Å²) < 4.78 is 9.81. The largest absolute Gasteiger partial charge is 0.463 e. The molecule has 0 radical (unpaired) electrons. The number of nitrogens with zero attached hydrogens (tertiary/aromatic N) is 1. The molecule has 19 heavy (non-hydrogen) atoms. The zero-order valence-corrected chi connectivity index (χ0v) is 10.7. The van der Waals surface area contributed by atoms with Crippen molar-refractivity contribution in [3.05, 3.63) is 22.1 Å². The molecule has 0 aliphatic heterocycles. The van der Waals surface area contributed by atoms with Crippen LogP contribution in [0.15, 0.2) is 11.0 Å². The van der Waals surface area contributed by atoms with Gasteiger partial charge in [-0.2, -0.15) is 0 Å². The third-order valence-electron chi connectivity index (χ3n) is 1.96. The second-order valence-corrected chi connectivity index (χ2v) is 3.66. The van der Waals surface area contributed by atoms with Crippen molar-refractivity contribution < 1.29 is 19.1 Å². The smallest absolute Gasteiger partial charge is 0.302 e. The number of carbonyl (C=O) groups is 2. The van der Waals surface area contributed by atoms with Gasteiger partial charge in [-0.3, -0.25) is 24.7 Å². The SMILES string of the molecule is CC(=O)Nc1ncc(COCCOC(C)=O)c(=O)[nH]1. The second kappa shape index (κ2) is 7.27. The Morgan fingerprint density at radius 3 is 2.68 bits per heavy atom. The molecule has 1 heterocycles. The highest BCUT2D eigenvalue weighted by atomic mass is 16.6. The first kappa shape index (κ1) is 14.8. The summed E-state index contributed by atoms with van der Waals surface area (Å²) in [6.07, 6.45) is 1.32. The van der Waals surface area contributed by atoms with E-state index < -0.39 is 5.56 Å². The predicted octanol–water partition coefficient (Wildman–Crippen LogP) is -0.192. The number of ether oxygens (including phenoxy) is 2. The zero-order chi connectivity index (χ0) is 14.3. The van der Waals surface area contributed by atoms with E-state index >= 15 is 0 Å². The fourth-order valence-corrected chi connectivity index (χ4v) is 1.18. The Hall–Kier alpha value is -2.22. The van der Waals surface area contributed by atoms with Gasteiger partial charge in [-0.05, 0) is 0 Å². The van der Waals surface area contributed by atoms with Gasteiger partial charge in [0.2, 0.25) is 11.9 Å². The molecule has 0 aromatic carbocycles. The molecule has 0 fully saturated rings. The van der Waals surface area contributed by atoms with Crippen LogP contribution in [0, 0.1) is 0 Å². The number of rotatable bonds is 6. The third kappa shape index (κ3) is 5.77. The summed E-state index contributed by atoms with van der Waals surface area (Å²) in [5.74, 6) is -0.627. The van der Waals surface area contributed by atoms with Crippen molar-refractivity contribution in [3.8, 4) is 0 Å². The van der Waals surface area contributed by atoms with Gasteiger partial charge >= 0.3 is 5.97 Å². The molecule has 0 aliphatic rings. The molecule has 104 valence electrons. The highest BCUT2D eigenvalue weighted by Gasteiger charge is 2.04. The van der Waals surface area contributed by atoms with Crippen LogP contribution in [0.5, 0.6) is 0 Å². The van der Waals surface area contributed by atoms with Crippen molar-refractivity contribution in [1.29, 1.82) is 0 Å². The monoisotopic (exact) mass is 269 g/mol. The van der Waals surface area contributed by atoms with Crippen LogP contribution in [0.4, 0.5) is 5.95 Å². The average Bonchev–Trinajstić information content (AvgIpc) is 2.30. The Morgan fingerprint density at radius 2 is 2.11 bits per heavy atom. The minimum absolute atomic E-state index is 0.0456. The maximum absolute atomic E-state index is 11.6. The molecule has 0 aliphatic carbocycles. The maximum atomic E-state index is 11.6. The molecule has 0 bridgehead atoms. The summed E-state index contributed by atoms with van der Waals surface area (Å²) >= 11 is 0. The van der Waals surface area contributed by atoms with Crippen molar-refractivity contribution in [3.63, 3.8) is 0 Å². The lowest BCUT2D eigenvalue weighted by Crippen LogP contribution is -2.19. The number of anilines is 1. The van der Waals surface area contributed by atoms with Gasteiger partial charge in [0.25, 0.3) is 5.56 Å². The van der Waals surface area contributed by atoms with Crippen LogP contribution in [0.1, 0.15) is 19.4 Å². The van der Waals surface area contributed by atoms with Crippen LogP contribution in [0.3, 0.4) is 0 Å². The van der Waals surface area contributed by atoms with Gasteiger partial charge in [-0.1, -0.05) is 0 Å². The van der Waals surface area contributed by atoms with Crippen molar-refractivity contribution in [1.82, 2.24) is 9.97 Å². The summed E-state index contributed by atoms with van der Waals surface area (Å²) in [5, 5.41) is 2.36. The first-order valence-corrected chi connectivity index (χ1v) is 5.56. The molecule has 0 unspecified atom stereocenters. The van der Waals surface area contributed by atoms with Gasteiger partial charge in [0, 0.05) is 20.0 Å². The van der Waals surface area contributed by atoms with Crippen molar-refractivity contribution in [2.24, 2.45) is 0 Å². The number of amides is 1. The molecule has 8 heteroatoms. The summed E-state index contributed by atoms with van der Waals surface area (Å²) in [6, 6.07) is 0. The van der Waals surface area contributed by atoms with Crippen LogP contribution in [-0.4, -0.2) is 35.1 Å². The van der Waals surface area contributed by atoms with E-state index in [1.165, 1.54) is 20.0 Å². The van der Waals surface area contributed by atoms with E-state index in [2.05, 4.69) is 20.0 Å². The van der Waals surface area contributed by atoms with E-state index in [4.69, 9.17) is 4.74 Å². The Bertz CT molecular complexity index is 511. The predicted molar refractivity (Wildman–Crippen MR) is 65.5 cm³/mol. The van der Waals surface area contributed by atoms with E-state index in [0.717, 1.165) is 0 Å². The fourth-order valence-electron chi connectivity index (χ4n) is 1.18. The highest BCUT2D eigenvalue weighted by molar-refractivity contribution is 5.86. The number of aromatic amines is 1. The molecule has 2 N–H and O–H groups in total. The van der Waals surface area contributed by atoms with Crippen molar-refractivity contribution in [2.45, 2.75) is 20.5 Å². The molecule has 1 amide bonds. The molecule has 8 nitrogen and oxygen atoms in total. The van der Waals surface area contributed by atoms with Crippen LogP contribution in [0.2, 0.25) is 0 Å². The Balaban J connectivity index is 2.44. The zero-order valence-electron chi connectivity index (χ0n) is 10.7. The van der Waals surface area contributed by atoms with Gasteiger partial charge in [0.15, 0.2) is 0 Å². The first-order chi connectivity index (χ1) is 8.99. The standard InChI is InChI=1S/C11H15N3O5/c1-7(15)13-11-12-5-9(10(17)14-11)6-18-3-4-19-8(2)16/h5H,3-4,6H2,1-2H3,(H2,12,13,14,15,17). The van der Waals surface area contributed by atoms with Gasteiger partial charge < -0.3 is 9.47 Å². The first-order valence-electron chi connectivity index (χ1n) is 5.56. The van der Waals surface area contributed by atoms with Gasteiger partial charge in [0.05, 0.1) is 18.8 Å². The number of nitrogens with one attached hydrogen (secondary N) is 2. The normalized spacial score (nSPS) is 10.0. The topological polar surface area (TPSA) is 110 Å². The van der Waals surface area contributed by atoms with Gasteiger partial charge in [-0.25, -0.2) is 4.98 Å². The molecular weight excluding hydrogens is 254 g/mol. The van der Waals surface area contributed by atoms with E-state index in [-0.39, 0.29) is 37.6 Å². The van der Waals surface area contributed by atoms with Crippen LogP contribution in [-0.2, 0) is 25.7 Å². The molecule has 0 spiro atoms. The summed E-state index contributed by atoms with van der Waals surface area (Å²) in [7, 11) is 0. The van der Waals surface area contributed by atoms with E-state index in [0.29, 0.717) is 5.56 Å². The molecule has 0 saturated carbocycles. The number of hydrogen-bond acceptors (Lipinski definition) is 6. The minimum atomic E-state index is -0.397. The van der Waals surface area contributed by atoms with Crippen molar-refractivity contribution >= 4 is 17.8 Å². The van der Waals surface area contributed by atoms with E-state index in [1.807, 2.05) is 0 Å². The lowest BCUT2D eigenvalue weighted by molar-refractivity contribution is -0.142. The number of hydrogen-bond donors (Lipinski definition) is 2. The van der Waals surface area contributed by atoms with Crippen molar-refractivity contribution in [2.75, 3.05) is 18.5 Å². The lowest BCUT2D eigenvalue weighted by atomic mass is 10.3. The van der Waals surface area contributed by atoms with E-state index in [9.17, 15) is 14.4 Å². The number of carbonyl (C=O) groups excluding carboxylic acids is 2. The van der Waals surface area contributed by atoms with Gasteiger partial charge in [-0.15, -0.1) is 0 Å². The molecule has 1 aromatic heterocycles. The molecule has 0 atom stereocenters. The number of H-pyrrole nitrogens is 1. The lowest BCUT2D eigenvalue weighted by Gasteiger charge is -2.05. The molecule has 0 saturated heterocycles. The number of aromatic nitrogens is 2. The summed E-state index contributed by atoms with van der Waals surface area (Å²) in [4.78, 5) is 39.1. The summed E-state index contributed by atoms with van der Waals surface area (Å²) in [6.45, 7) is 2.97. The quantitative estimate of drug-likeness (QED) is 0.547. The Morgan fingerprint density at radius 1 is 1.37 bits per heavy atom. The fraction of sp³-hybridized carbons (Fsp3) is 0.455. The van der Waals surface area contributed by atoms with Gasteiger partial charge in [0.1, 0.15) is 6.61 Å². The van der Waals surface area contributed by atoms with E-state index in [1.54, 1.807) is 0 Å². The molecular formula is C11H15N3O5. The van der Waals surface area contributed by atoms with Crippen LogP contribution < -0.4 is 10.9 Å². The minimum Gasteiger partial charge on any atom is -0.463 e. The third-order valence-corrected chi connectivity index (χ3v) is 1.96. The second-order valence-electron chi connectivity index (χ2n) is 3.66. The molecule has 1 rings (SSSR count). The Kier molecular flexibility index (Phi) is 5.68. The summed E-state index contributed by atoms with van der Waals surface area (Å²) in [5.41, 5.74) is -0.0804. The molecule has 1 aromatic rings.